The predicted octanol–water partition coefficient (Wildman–Crippen LogP) is 3.66. The fraction of sp³-hybridized carbons (Fsp3) is 0.238. The van der Waals surface area contributed by atoms with Crippen molar-refractivity contribution in [3.05, 3.63) is 77.5 Å². The standard InChI is InChI=1S/C21H20N2O2S/c1-15-8-10-16(11-9-15)26(24,25)23-19-6-3-2-5-17(19)18-12-14-22-13-4-7-20(22)21(18)23/h2-11,20H,12-14H2,1H3. The molecule has 0 radical (unpaired) electrons. The van der Waals surface area contributed by atoms with Gasteiger partial charge in [-0.25, -0.2) is 12.4 Å². The Balaban J connectivity index is 1.84. The highest BCUT2D eigenvalue weighted by Crippen LogP contribution is 2.41. The predicted molar refractivity (Wildman–Crippen MR) is 103 cm³/mol. The van der Waals surface area contributed by atoms with Crippen LogP contribution in [0.3, 0.4) is 0 Å². The molecule has 2 aliphatic heterocycles. The molecule has 0 amide bonds. The van der Waals surface area contributed by atoms with Crippen LogP contribution in [0.5, 0.6) is 0 Å². The first-order chi connectivity index (χ1) is 12.6. The van der Waals surface area contributed by atoms with Gasteiger partial charge >= 0.3 is 0 Å². The normalized spacial score (nSPS) is 19.7. The minimum absolute atomic E-state index is 0.0337. The fourth-order valence-corrected chi connectivity index (χ4v) is 5.83. The third-order valence-corrected chi connectivity index (χ3v) is 7.26. The Kier molecular flexibility index (Phi) is 3.39. The first-order valence-corrected chi connectivity index (χ1v) is 10.4. The molecule has 1 unspecified atom stereocenters. The zero-order chi connectivity index (χ0) is 17.9. The van der Waals surface area contributed by atoms with Gasteiger partial charge in [0.05, 0.1) is 22.1 Å². The summed E-state index contributed by atoms with van der Waals surface area (Å²) in [7, 11) is -3.66. The van der Waals surface area contributed by atoms with Gasteiger partial charge < -0.3 is 0 Å². The zero-order valence-corrected chi connectivity index (χ0v) is 15.4. The Morgan fingerprint density at radius 2 is 1.81 bits per heavy atom. The largest absolute Gasteiger partial charge is 0.288 e. The van der Waals surface area contributed by atoms with Crippen LogP contribution in [0.2, 0.25) is 0 Å². The fourth-order valence-electron chi connectivity index (χ4n) is 4.24. The summed E-state index contributed by atoms with van der Waals surface area (Å²) >= 11 is 0. The van der Waals surface area contributed by atoms with Gasteiger partial charge in [0.25, 0.3) is 10.0 Å². The molecule has 1 atom stereocenters. The van der Waals surface area contributed by atoms with Gasteiger partial charge in [-0.2, -0.15) is 0 Å². The lowest BCUT2D eigenvalue weighted by Crippen LogP contribution is -2.33. The van der Waals surface area contributed by atoms with E-state index in [1.807, 2.05) is 43.3 Å². The van der Waals surface area contributed by atoms with Crippen LogP contribution in [0.1, 0.15) is 22.9 Å². The van der Waals surface area contributed by atoms with E-state index in [0.717, 1.165) is 41.7 Å². The first kappa shape index (κ1) is 15.9. The Morgan fingerprint density at radius 3 is 2.62 bits per heavy atom. The topological polar surface area (TPSA) is 42.3 Å². The molecule has 0 saturated heterocycles. The summed E-state index contributed by atoms with van der Waals surface area (Å²) in [5, 5.41) is 1.05. The lowest BCUT2D eigenvalue weighted by molar-refractivity contribution is 0.258. The summed E-state index contributed by atoms with van der Waals surface area (Å²) in [6.45, 7) is 3.81. The maximum Gasteiger partial charge on any atom is 0.268 e. The van der Waals surface area contributed by atoms with Gasteiger partial charge in [0.15, 0.2) is 0 Å². The van der Waals surface area contributed by atoms with Crippen LogP contribution in [0, 0.1) is 6.92 Å². The molecule has 0 aliphatic carbocycles. The van der Waals surface area contributed by atoms with E-state index in [-0.39, 0.29) is 6.04 Å². The second-order valence-corrected chi connectivity index (χ2v) is 8.87. The molecule has 2 aliphatic rings. The molecule has 0 bridgehead atoms. The van der Waals surface area contributed by atoms with Crippen molar-refractivity contribution in [3.8, 4) is 0 Å². The Bertz CT molecular complexity index is 1140. The summed E-state index contributed by atoms with van der Waals surface area (Å²) in [6.07, 6.45) is 5.16. The summed E-state index contributed by atoms with van der Waals surface area (Å²) in [5.74, 6) is 0. The third kappa shape index (κ3) is 2.14. The van der Waals surface area contributed by atoms with E-state index in [1.165, 1.54) is 5.56 Å². The molecular weight excluding hydrogens is 344 g/mol. The van der Waals surface area contributed by atoms with Crippen LogP contribution in [0.4, 0.5) is 0 Å². The van der Waals surface area contributed by atoms with E-state index >= 15 is 0 Å². The molecule has 5 heteroatoms. The number of nitrogens with zero attached hydrogens (tertiary/aromatic N) is 2. The minimum Gasteiger partial charge on any atom is -0.288 e. The SMILES string of the molecule is Cc1ccc(S(=O)(=O)n2c3c(c4ccccc42)CCN2CC=CC32)cc1. The third-order valence-electron chi connectivity index (χ3n) is 5.52. The molecule has 2 aromatic carbocycles. The maximum atomic E-state index is 13.6. The summed E-state index contributed by atoms with van der Waals surface area (Å²) < 4.78 is 28.8. The highest BCUT2D eigenvalue weighted by atomic mass is 32.2. The average molecular weight is 364 g/mol. The number of hydrogen-bond acceptors (Lipinski definition) is 3. The van der Waals surface area contributed by atoms with Crippen molar-refractivity contribution in [1.29, 1.82) is 0 Å². The molecule has 0 N–H and O–H groups in total. The van der Waals surface area contributed by atoms with E-state index in [0.29, 0.717) is 4.90 Å². The van der Waals surface area contributed by atoms with Crippen molar-refractivity contribution in [1.82, 2.24) is 8.87 Å². The number of fused-ring (bicyclic) bond motifs is 5. The number of aryl methyl sites for hydroxylation is 1. The van der Waals surface area contributed by atoms with Crippen LogP contribution in [0.25, 0.3) is 10.9 Å². The van der Waals surface area contributed by atoms with Gasteiger partial charge in [-0.15, -0.1) is 0 Å². The smallest absolute Gasteiger partial charge is 0.268 e. The van der Waals surface area contributed by atoms with Crippen molar-refractivity contribution < 1.29 is 8.42 Å². The van der Waals surface area contributed by atoms with Gasteiger partial charge in [-0.3, -0.25) is 4.90 Å². The van der Waals surface area contributed by atoms with Crippen LogP contribution >= 0.6 is 0 Å². The number of rotatable bonds is 2. The average Bonchev–Trinajstić information content (AvgIpc) is 3.24. The molecule has 3 aromatic rings. The second kappa shape index (κ2) is 5.56. The molecule has 1 aromatic heterocycles. The van der Waals surface area contributed by atoms with Crippen LogP contribution < -0.4 is 0 Å². The summed E-state index contributed by atoms with van der Waals surface area (Å²) in [4.78, 5) is 2.67. The minimum atomic E-state index is -3.66. The van der Waals surface area contributed by atoms with Gasteiger partial charge in [0, 0.05) is 18.5 Å². The van der Waals surface area contributed by atoms with E-state index < -0.39 is 10.0 Å². The highest BCUT2D eigenvalue weighted by molar-refractivity contribution is 7.90. The monoisotopic (exact) mass is 364 g/mol. The van der Waals surface area contributed by atoms with Gasteiger partial charge in [0.2, 0.25) is 0 Å². The van der Waals surface area contributed by atoms with E-state index in [2.05, 4.69) is 17.1 Å². The van der Waals surface area contributed by atoms with Crippen molar-refractivity contribution in [3.63, 3.8) is 0 Å². The number of aromatic nitrogens is 1. The molecule has 132 valence electrons. The molecule has 0 fully saturated rings. The van der Waals surface area contributed by atoms with Gasteiger partial charge in [-0.1, -0.05) is 48.0 Å². The maximum absolute atomic E-state index is 13.6. The van der Waals surface area contributed by atoms with Crippen molar-refractivity contribution in [2.75, 3.05) is 13.1 Å². The second-order valence-electron chi connectivity index (χ2n) is 7.08. The number of para-hydroxylation sites is 1. The van der Waals surface area contributed by atoms with Crippen LogP contribution in [0.15, 0.2) is 65.6 Å². The van der Waals surface area contributed by atoms with Crippen LogP contribution in [-0.2, 0) is 16.4 Å². The quantitative estimate of drug-likeness (QED) is 0.652. The molecule has 26 heavy (non-hydrogen) atoms. The van der Waals surface area contributed by atoms with Crippen molar-refractivity contribution in [2.45, 2.75) is 24.3 Å². The zero-order valence-electron chi connectivity index (χ0n) is 14.6. The van der Waals surface area contributed by atoms with Crippen molar-refractivity contribution in [2.24, 2.45) is 0 Å². The molecule has 0 spiro atoms. The van der Waals surface area contributed by atoms with Gasteiger partial charge in [0.1, 0.15) is 0 Å². The Morgan fingerprint density at radius 1 is 1.04 bits per heavy atom. The molecule has 3 heterocycles. The van der Waals surface area contributed by atoms with E-state index in [9.17, 15) is 8.42 Å². The number of hydrogen-bond donors (Lipinski definition) is 0. The lowest BCUT2D eigenvalue weighted by atomic mass is 9.99. The Hall–Kier alpha value is -2.37. The first-order valence-electron chi connectivity index (χ1n) is 8.92. The number of benzene rings is 2. The van der Waals surface area contributed by atoms with Crippen LogP contribution in [-0.4, -0.2) is 30.4 Å². The van der Waals surface area contributed by atoms with Gasteiger partial charge in [-0.05, 0) is 37.1 Å². The molecule has 0 saturated carbocycles. The molecule has 4 nitrogen and oxygen atoms in total. The Labute approximate surface area is 153 Å². The van der Waals surface area contributed by atoms with Crippen molar-refractivity contribution >= 4 is 20.9 Å². The summed E-state index contributed by atoms with van der Waals surface area (Å²) in [6, 6.07) is 15.0. The van der Waals surface area contributed by atoms with E-state index in [1.54, 1.807) is 16.1 Å². The molecular formula is C21H20N2O2S. The van der Waals surface area contributed by atoms with E-state index in [4.69, 9.17) is 0 Å². The molecule has 5 rings (SSSR count). The summed E-state index contributed by atoms with van der Waals surface area (Å²) in [5.41, 5.74) is 3.91. The highest BCUT2D eigenvalue weighted by Gasteiger charge is 2.36. The lowest BCUT2D eigenvalue weighted by Gasteiger charge is -2.31.